The lowest BCUT2D eigenvalue weighted by Crippen LogP contribution is -2.48. The van der Waals surface area contributed by atoms with Crippen LogP contribution in [0.5, 0.6) is 0 Å². The number of hydrogen-bond acceptors (Lipinski definition) is 0. The minimum absolute atomic E-state index is 0.524. The lowest BCUT2D eigenvalue weighted by Gasteiger charge is -2.58. The first-order chi connectivity index (χ1) is 16.7. The smallest absolute Gasteiger partial charge is 0.00463 e. The maximum Gasteiger partial charge on any atom is -0.00463 e. The lowest BCUT2D eigenvalue weighted by atomic mass is 9.47. The molecule has 0 heterocycles. The van der Waals surface area contributed by atoms with Crippen LogP contribution in [0.25, 0.3) is 0 Å². The van der Waals surface area contributed by atoms with Crippen molar-refractivity contribution in [2.75, 3.05) is 0 Å². The molecule has 0 amide bonds. The highest BCUT2D eigenvalue weighted by Gasteiger charge is 2.52. The van der Waals surface area contributed by atoms with Crippen LogP contribution in [-0.4, -0.2) is 0 Å². The summed E-state index contributed by atoms with van der Waals surface area (Å²) in [5.74, 6) is 3.97. The second-order valence-electron chi connectivity index (χ2n) is 13.5. The summed E-state index contributed by atoms with van der Waals surface area (Å²) in [5.41, 5.74) is 4.60. The molecule has 34 heavy (non-hydrogen) atoms. The predicted octanol–water partition coefficient (Wildman–Crippen LogP) is 10.7. The number of unbranched alkanes of at least 4 members (excludes halogenated alkanes) is 2. The van der Waals surface area contributed by atoms with Gasteiger partial charge in [0.2, 0.25) is 0 Å². The fraction of sp³-hybridized carbons (Fsp3) is 0.824. The average Bonchev–Trinajstić information content (AvgIpc) is 2.92. The fourth-order valence-corrected chi connectivity index (χ4v) is 9.20. The molecule has 0 aromatic heterocycles. The third kappa shape index (κ3) is 5.18. The van der Waals surface area contributed by atoms with E-state index in [4.69, 9.17) is 0 Å². The van der Waals surface area contributed by atoms with E-state index in [2.05, 4.69) is 38.1 Å². The molecule has 1 aromatic rings. The molecule has 0 spiro atoms. The van der Waals surface area contributed by atoms with Gasteiger partial charge in [0.05, 0.1) is 0 Å². The molecule has 0 radical (unpaired) electrons. The quantitative estimate of drug-likeness (QED) is 0.342. The van der Waals surface area contributed by atoms with Gasteiger partial charge in [-0.1, -0.05) is 89.5 Å². The zero-order valence-corrected chi connectivity index (χ0v) is 22.8. The van der Waals surface area contributed by atoms with Crippen molar-refractivity contribution in [2.45, 2.75) is 154 Å². The van der Waals surface area contributed by atoms with Crippen LogP contribution in [0, 0.1) is 23.2 Å². The molecule has 5 aliphatic carbocycles. The van der Waals surface area contributed by atoms with Gasteiger partial charge < -0.3 is 0 Å². The summed E-state index contributed by atoms with van der Waals surface area (Å²) in [7, 11) is 0. The lowest BCUT2D eigenvalue weighted by molar-refractivity contribution is -0.0294. The maximum atomic E-state index is 2.58. The van der Waals surface area contributed by atoms with Gasteiger partial charge in [0, 0.05) is 0 Å². The fourth-order valence-electron chi connectivity index (χ4n) is 9.20. The molecule has 0 unspecified atom stereocenters. The Morgan fingerprint density at radius 3 is 1.62 bits per heavy atom. The molecule has 5 aliphatic rings. The number of rotatable bonds is 9. The highest BCUT2D eigenvalue weighted by Crippen LogP contribution is 2.62. The summed E-state index contributed by atoms with van der Waals surface area (Å²) in [6.45, 7) is 4.69. The van der Waals surface area contributed by atoms with Gasteiger partial charge in [0.15, 0.2) is 0 Å². The van der Waals surface area contributed by atoms with Gasteiger partial charge in [0.25, 0.3) is 0 Å². The highest BCUT2D eigenvalue weighted by molar-refractivity contribution is 5.33. The van der Waals surface area contributed by atoms with E-state index in [9.17, 15) is 0 Å². The third-order valence-electron chi connectivity index (χ3n) is 11.8. The van der Waals surface area contributed by atoms with Crippen molar-refractivity contribution in [1.29, 1.82) is 0 Å². The second kappa shape index (κ2) is 11.1. The Labute approximate surface area is 212 Å². The minimum atomic E-state index is 0.524. The van der Waals surface area contributed by atoms with Gasteiger partial charge in [-0.2, -0.15) is 0 Å². The number of hydrogen-bond donors (Lipinski definition) is 0. The maximum absolute atomic E-state index is 2.58. The van der Waals surface area contributed by atoms with Gasteiger partial charge in [-0.05, 0) is 123 Å². The Morgan fingerprint density at radius 1 is 0.618 bits per heavy atom. The summed E-state index contributed by atoms with van der Waals surface area (Å²) in [6, 6.07) is 10.3. The minimum Gasteiger partial charge on any atom is -0.0654 e. The molecule has 6 rings (SSSR count). The molecule has 0 atom stereocenters. The summed E-state index contributed by atoms with van der Waals surface area (Å²) in [4.78, 5) is 0. The van der Waals surface area contributed by atoms with Gasteiger partial charge >= 0.3 is 0 Å². The highest BCUT2D eigenvalue weighted by atomic mass is 14.6. The van der Waals surface area contributed by atoms with Crippen molar-refractivity contribution in [3.63, 3.8) is 0 Å². The van der Waals surface area contributed by atoms with E-state index < -0.39 is 0 Å². The van der Waals surface area contributed by atoms with E-state index >= 15 is 0 Å². The van der Waals surface area contributed by atoms with E-state index in [1.54, 1.807) is 36.8 Å². The Kier molecular flexibility index (Phi) is 8.12. The van der Waals surface area contributed by atoms with Crippen molar-refractivity contribution in [2.24, 2.45) is 23.2 Å². The van der Waals surface area contributed by atoms with Crippen LogP contribution in [0.2, 0.25) is 0 Å². The zero-order chi connectivity index (χ0) is 23.4. The van der Waals surface area contributed by atoms with E-state index in [-0.39, 0.29) is 0 Å². The predicted molar refractivity (Wildman–Crippen MR) is 147 cm³/mol. The first-order valence-corrected chi connectivity index (χ1v) is 15.8. The van der Waals surface area contributed by atoms with E-state index in [1.807, 2.05) is 0 Å². The van der Waals surface area contributed by atoms with E-state index in [0.717, 1.165) is 29.1 Å². The van der Waals surface area contributed by atoms with Crippen LogP contribution in [0.3, 0.4) is 0 Å². The topological polar surface area (TPSA) is 0 Å². The van der Waals surface area contributed by atoms with Crippen molar-refractivity contribution in [1.82, 2.24) is 0 Å². The monoisotopic (exact) mass is 462 g/mol. The van der Waals surface area contributed by atoms with Crippen LogP contribution >= 0.6 is 0 Å². The normalized spacial score (nSPS) is 38.2. The molecule has 1 aromatic carbocycles. The molecule has 0 nitrogen and oxygen atoms in total. The number of benzene rings is 1. The van der Waals surface area contributed by atoms with Crippen molar-refractivity contribution >= 4 is 0 Å². The molecule has 5 fully saturated rings. The Hall–Kier alpha value is -0.780. The van der Waals surface area contributed by atoms with Gasteiger partial charge in [-0.15, -0.1) is 0 Å². The van der Waals surface area contributed by atoms with Crippen molar-refractivity contribution < 1.29 is 0 Å². The SMILES string of the molecule is CCCC[C@H]1CC[C@H](c2ccc(C34CCC([C@H]5CC[C@H](CCCC)CC5)(CC3)CC4)cc2)CC1. The largest absolute Gasteiger partial charge is 0.0654 e. The molecule has 0 saturated heterocycles. The zero-order valence-electron chi connectivity index (χ0n) is 22.8. The average molecular weight is 463 g/mol. The molecule has 190 valence electrons. The molecule has 0 heteroatoms. The molecular weight excluding hydrogens is 408 g/mol. The van der Waals surface area contributed by atoms with E-state index in [1.165, 1.54) is 103 Å². The summed E-state index contributed by atoms with van der Waals surface area (Å²) < 4.78 is 0. The van der Waals surface area contributed by atoms with Crippen LogP contribution in [0.15, 0.2) is 24.3 Å². The Balaban J connectivity index is 1.14. The Bertz CT molecular complexity index is 716. The first-order valence-electron chi connectivity index (χ1n) is 15.8. The molecule has 5 saturated carbocycles. The van der Waals surface area contributed by atoms with E-state index in [0.29, 0.717) is 5.41 Å². The van der Waals surface area contributed by atoms with Gasteiger partial charge in [-0.25, -0.2) is 0 Å². The third-order valence-corrected chi connectivity index (χ3v) is 11.8. The first kappa shape index (κ1) is 24.9. The standard InChI is InChI=1S/C34H54/c1-3-5-7-27-9-13-29(14-10-27)30-15-19-32(20-16-30)34-24-21-33(22-25-34,23-26-34)31-17-11-28(12-18-31)8-6-4-2/h15-16,19-20,27-29,31H,3-14,17-18,21-26H2,1-2H3/t27-,28-,29-,31-,33?,34?. The van der Waals surface area contributed by atoms with Crippen molar-refractivity contribution in [3.8, 4) is 0 Å². The van der Waals surface area contributed by atoms with Gasteiger partial charge in [0.1, 0.15) is 0 Å². The molecule has 0 aliphatic heterocycles. The molecular formula is C34H54. The summed E-state index contributed by atoms with van der Waals surface area (Å²) in [5, 5.41) is 0. The molecule has 2 bridgehead atoms. The summed E-state index contributed by atoms with van der Waals surface area (Å²) in [6.07, 6.45) is 29.6. The van der Waals surface area contributed by atoms with Crippen LogP contribution in [0.1, 0.15) is 159 Å². The molecule has 0 N–H and O–H groups in total. The van der Waals surface area contributed by atoms with Crippen LogP contribution in [0.4, 0.5) is 0 Å². The van der Waals surface area contributed by atoms with Gasteiger partial charge in [-0.3, -0.25) is 0 Å². The number of fused-ring (bicyclic) bond motifs is 3. The van der Waals surface area contributed by atoms with Crippen molar-refractivity contribution in [3.05, 3.63) is 35.4 Å². The van der Waals surface area contributed by atoms with Crippen LogP contribution < -0.4 is 0 Å². The summed E-state index contributed by atoms with van der Waals surface area (Å²) >= 11 is 0. The Morgan fingerprint density at radius 2 is 1.12 bits per heavy atom. The second-order valence-corrected chi connectivity index (χ2v) is 13.5. The van der Waals surface area contributed by atoms with Crippen LogP contribution in [-0.2, 0) is 5.41 Å².